The maximum Gasteiger partial charge on any atom is 0.455 e. The summed E-state index contributed by atoms with van der Waals surface area (Å²) < 4.78 is 69.4. The minimum atomic E-state index is -5.09. The molecule has 0 radical (unpaired) electrons. The first-order valence-corrected chi connectivity index (χ1v) is 10.5. The third-order valence-corrected chi connectivity index (χ3v) is 6.08. The van der Waals surface area contributed by atoms with Crippen LogP contribution in [0.4, 0.5) is 13.2 Å². The number of benzene rings is 2. The van der Waals surface area contributed by atoms with Crippen molar-refractivity contribution in [1.29, 1.82) is 0 Å². The number of Topliss-reactive ketones (excluding diaryl/α,β-unsaturated/α-hetero) is 1. The lowest BCUT2D eigenvalue weighted by atomic mass is 10.3. The van der Waals surface area contributed by atoms with E-state index in [0.29, 0.717) is 11.5 Å². The lowest BCUT2D eigenvalue weighted by Crippen LogP contribution is -2.30. The first-order valence-electron chi connectivity index (χ1n) is 8.18. The number of hydrogen-bond acceptors (Lipinski definition) is 6. The Morgan fingerprint density at radius 2 is 1.40 bits per heavy atom. The van der Waals surface area contributed by atoms with E-state index in [-0.39, 0.29) is 21.1 Å². The summed E-state index contributed by atoms with van der Waals surface area (Å²) in [4.78, 5) is 22.0. The summed E-state index contributed by atoms with van der Waals surface area (Å²) >= 11 is 0.250. The summed E-state index contributed by atoms with van der Waals surface area (Å²) in [7, 11) is -4.29. The Labute approximate surface area is 173 Å². The molecule has 0 unspecified atom stereocenters. The van der Waals surface area contributed by atoms with Crippen LogP contribution in [0, 0.1) is 0 Å². The van der Waals surface area contributed by atoms with Gasteiger partial charge in [0.15, 0.2) is 0 Å². The molecule has 0 bridgehead atoms. The summed E-state index contributed by atoms with van der Waals surface area (Å²) in [6, 6.07) is 15.7. The Kier molecular flexibility index (Phi) is 5.94. The fourth-order valence-electron chi connectivity index (χ4n) is 2.26. The quantitative estimate of drug-likeness (QED) is 0.557. The minimum absolute atomic E-state index is 0.250. The minimum Gasteiger partial charge on any atom is -0.457 e. The molecule has 1 N–H and O–H groups in total. The SMILES string of the molecule is O=C(NS(=O)(=O)c1ccc(Oc2ccccc2)cc1)c1ccc(C(=O)C(F)(F)F)s1. The van der Waals surface area contributed by atoms with Crippen molar-refractivity contribution in [1.82, 2.24) is 4.72 Å². The summed E-state index contributed by atoms with van der Waals surface area (Å²) in [6.45, 7) is 0. The van der Waals surface area contributed by atoms with E-state index in [1.54, 1.807) is 35.1 Å². The Bertz CT molecular complexity index is 1170. The molecule has 3 rings (SSSR count). The average molecular weight is 455 g/mol. The molecular weight excluding hydrogens is 443 g/mol. The van der Waals surface area contributed by atoms with Crippen LogP contribution in [0.25, 0.3) is 0 Å². The Morgan fingerprint density at radius 1 is 0.833 bits per heavy atom. The molecule has 0 atom stereocenters. The van der Waals surface area contributed by atoms with Gasteiger partial charge in [-0.2, -0.15) is 13.2 Å². The van der Waals surface area contributed by atoms with Crippen LogP contribution in [0.3, 0.4) is 0 Å². The first kappa shape index (κ1) is 21.5. The molecule has 0 aliphatic rings. The predicted molar refractivity (Wildman–Crippen MR) is 102 cm³/mol. The van der Waals surface area contributed by atoms with E-state index in [4.69, 9.17) is 4.74 Å². The van der Waals surface area contributed by atoms with Crippen LogP contribution in [0.2, 0.25) is 0 Å². The van der Waals surface area contributed by atoms with Crippen molar-refractivity contribution in [3.63, 3.8) is 0 Å². The van der Waals surface area contributed by atoms with Crippen LogP contribution < -0.4 is 9.46 Å². The second-order valence-corrected chi connectivity index (χ2v) is 8.58. The number of amides is 1. The maximum absolute atomic E-state index is 12.5. The van der Waals surface area contributed by atoms with Crippen LogP contribution in [-0.2, 0) is 10.0 Å². The molecule has 2 aromatic carbocycles. The number of alkyl halides is 3. The van der Waals surface area contributed by atoms with Gasteiger partial charge in [0, 0.05) is 0 Å². The number of sulfonamides is 1. The number of hydrogen-bond donors (Lipinski definition) is 1. The molecule has 30 heavy (non-hydrogen) atoms. The Morgan fingerprint density at radius 3 is 2.00 bits per heavy atom. The Balaban J connectivity index is 1.71. The second-order valence-electron chi connectivity index (χ2n) is 5.81. The van der Waals surface area contributed by atoms with Gasteiger partial charge >= 0.3 is 6.18 Å². The fourth-order valence-corrected chi connectivity index (χ4v) is 4.16. The van der Waals surface area contributed by atoms with Gasteiger partial charge in [-0.3, -0.25) is 9.59 Å². The number of rotatable bonds is 6. The number of carbonyl (C=O) groups excluding carboxylic acids is 2. The van der Waals surface area contributed by atoms with Gasteiger partial charge in [0.1, 0.15) is 11.5 Å². The van der Waals surface area contributed by atoms with E-state index in [1.807, 2.05) is 0 Å². The molecular formula is C19H12F3NO5S2. The van der Waals surface area contributed by atoms with Crippen molar-refractivity contribution in [3.8, 4) is 11.5 Å². The molecule has 6 nitrogen and oxygen atoms in total. The number of halogens is 3. The zero-order valence-electron chi connectivity index (χ0n) is 14.8. The molecule has 156 valence electrons. The number of nitrogens with one attached hydrogen (secondary N) is 1. The summed E-state index contributed by atoms with van der Waals surface area (Å²) in [5.74, 6) is -2.35. The molecule has 0 spiro atoms. The molecule has 0 saturated carbocycles. The largest absolute Gasteiger partial charge is 0.457 e. The second kappa shape index (κ2) is 8.28. The van der Waals surface area contributed by atoms with Crippen LogP contribution in [0.5, 0.6) is 11.5 Å². The van der Waals surface area contributed by atoms with Gasteiger partial charge in [0.25, 0.3) is 21.7 Å². The fraction of sp³-hybridized carbons (Fsp3) is 0.0526. The predicted octanol–water partition coefficient (Wildman–Crippen LogP) is 4.40. The van der Waals surface area contributed by atoms with Crippen LogP contribution >= 0.6 is 11.3 Å². The highest BCUT2D eigenvalue weighted by molar-refractivity contribution is 7.90. The highest BCUT2D eigenvalue weighted by Gasteiger charge is 2.40. The van der Waals surface area contributed by atoms with Gasteiger partial charge in [-0.05, 0) is 48.5 Å². The maximum atomic E-state index is 12.5. The van der Waals surface area contributed by atoms with Gasteiger partial charge in [-0.25, -0.2) is 13.1 Å². The zero-order valence-corrected chi connectivity index (χ0v) is 16.5. The van der Waals surface area contributed by atoms with Gasteiger partial charge in [0.05, 0.1) is 14.6 Å². The normalized spacial score (nSPS) is 11.7. The first-order chi connectivity index (χ1) is 14.1. The molecule has 1 heterocycles. The van der Waals surface area contributed by atoms with Crippen molar-refractivity contribution in [2.45, 2.75) is 11.1 Å². The van der Waals surface area contributed by atoms with Crippen LogP contribution in [-0.4, -0.2) is 26.3 Å². The average Bonchev–Trinajstić information content (AvgIpc) is 3.18. The standard InChI is InChI=1S/C19H12F3NO5S2/c20-19(21,22)17(24)15-10-11-16(29-15)18(25)23-30(26,27)14-8-6-13(7-9-14)28-12-4-2-1-3-5-12/h1-11H,(H,23,25). The molecule has 1 amide bonds. The van der Waals surface area contributed by atoms with E-state index in [9.17, 15) is 31.2 Å². The van der Waals surface area contributed by atoms with E-state index < -0.39 is 32.8 Å². The van der Waals surface area contributed by atoms with Crippen LogP contribution in [0.15, 0.2) is 71.6 Å². The van der Waals surface area contributed by atoms with Crippen molar-refractivity contribution in [2.24, 2.45) is 0 Å². The molecule has 1 aromatic heterocycles. The molecule has 11 heteroatoms. The topological polar surface area (TPSA) is 89.5 Å². The van der Waals surface area contributed by atoms with E-state index in [2.05, 4.69) is 0 Å². The number of para-hydroxylation sites is 1. The third kappa shape index (κ3) is 5.05. The van der Waals surface area contributed by atoms with Gasteiger partial charge < -0.3 is 4.74 Å². The molecule has 0 saturated heterocycles. The zero-order chi connectivity index (χ0) is 21.9. The molecule has 0 aliphatic heterocycles. The van der Waals surface area contributed by atoms with E-state index >= 15 is 0 Å². The molecule has 0 fully saturated rings. The summed E-state index contributed by atoms with van der Waals surface area (Å²) in [6.07, 6.45) is -5.09. The third-order valence-electron chi connectivity index (χ3n) is 3.65. The van der Waals surface area contributed by atoms with Crippen molar-refractivity contribution >= 4 is 33.1 Å². The summed E-state index contributed by atoms with van der Waals surface area (Å²) in [5.41, 5.74) is 0. The molecule has 0 aliphatic carbocycles. The smallest absolute Gasteiger partial charge is 0.455 e. The highest BCUT2D eigenvalue weighted by Crippen LogP contribution is 2.27. The van der Waals surface area contributed by atoms with Gasteiger partial charge in [0.2, 0.25) is 0 Å². The van der Waals surface area contributed by atoms with Crippen LogP contribution in [0.1, 0.15) is 19.3 Å². The highest BCUT2D eigenvalue weighted by atomic mass is 32.2. The number of carbonyl (C=O) groups is 2. The lowest BCUT2D eigenvalue weighted by molar-refractivity contribution is -0.0882. The summed E-state index contributed by atoms with van der Waals surface area (Å²) in [5, 5.41) is 0. The Hall–Kier alpha value is -3.18. The number of ether oxygens (including phenoxy) is 1. The monoisotopic (exact) mass is 455 g/mol. The van der Waals surface area contributed by atoms with Crippen molar-refractivity contribution in [3.05, 3.63) is 76.5 Å². The van der Waals surface area contributed by atoms with Gasteiger partial charge in [-0.15, -0.1) is 11.3 Å². The van der Waals surface area contributed by atoms with E-state index in [0.717, 1.165) is 12.1 Å². The van der Waals surface area contributed by atoms with Crippen molar-refractivity contribution < 1.29 is 35.9 Å². The number of thiophene rings is 1. The number of ketones is 1. The lowest BCUT2D eigenvalue weighted by Gasteiger charge is -2.08. The van der Waals surface area contributed by atoms with Crippen molar-refractivity contribution in [2.75, 3.05) is 0 Å². The molecule has 3 aromatic rings. The van der Waals surface area contributed by atoms with Gasteiger partial charge in [-0.1, -0.05) is 18.2 Å². The van der Waals surface area contributed by atoms with E-state index in [1.165, 1.54) is 24.3 Å².